The fraction of sp³-hybridized carbons (Fsp3) is 0.467. The molecule has 0 fully saturated rings. The number of guanidine groups is 1. The van der Waals surface area contributed by atoms with Crippen LogP contribution in [0.25, 0.3) is 0 Å². The molecular formula is C15H22N4S2. The third-order valence-electron chi connectivity index (χ3n) is 2.90. The maximum atomic E-state index is 4.61. The summed E-state index contributed by atoms with van der Waals surface area (Å²) in [6, 6.07) is 4.39. The van der Waals surface area contributed by atoms with Gasteiger partial charge in [-0.25, -0.2) is 9.98 Å². The van der Waals surface area contributed by atoms with E-state index in [1.165, 1.54) is 14.6 Å². The van der Waals surface area contributed by atoms with Crippen molar-refractivity contribution in [3.63, 3.8) is 0 Å². The van der Waals surface area contributed by atoms with Crippen molar-refractivity contribution in [3.05, 3.63) is 38.0 Å². The van der Waals surface area contributed by atoms with Gasteiger partial charge in [0, 0.05) is 27.4 Å². The summed E-state index contributed by atoms with van der Waals surface area (Å²) < 4.78 is 0. The highest BCUT2D eigenvalue weighted by atomic mass is 32.1. The number of hydrogen-bond acceptors (Lipinski definition) is 4. The van der Waals surface area contributed by atoms with E-state index in [-0.39, 0.29) is 0 Å². The van der Waals surface area contributed by atoms with Crippen LogP contribution in [0.3, 0.4) is 0 Å². The summed E-state index contributed by atoms with van der Waals surface area (Å²) in [5.41, 5.74) is 0. The van der Waals surface area contributed by atoms with Crippen molar-refractivity contribution < 1.29 is 0 Å². The minimum absolute atomic E-state index is 0.672. The Balaban J connectivity index is 1.91. The number of aliphatic imine (C=N–C) groups is 1. The number of nitrogens with zero attached hydrogens (tertiary/aromatic N) is 2. The van der Waals surface area contributed by atoms with Crippen molar-refractivity contribution in [2.75, 3.05) is 6.54 Å². The minimum Gasteiger partial charge on any atom is -0.357 e. The molecule has 21 heavy (non-hydrogen) atoms. The van der Waals surface area contributed by atoms with Crippen LogP contribution in [0.4, 0.5) is 0 Å². The molecule has 0 aliphatic carbocycles. The van der Waals surface area contributed by atoms with E-state index in [1.807, 2.05) is 24.5 Å². The minimum atomic E-state index is 0.672. The van der Waals surface area contributed by atoms with Crippen molar-refractivity contribution in [1.82, 2.24) is 15.6 Å². The van der Waals surface area contributed by atoms with Crippen molar-refractivity contribution in [2.24, 2.45) is 4.99 Å². The molecule has 0 saturated heterocycles. The Labute approximate surface area is 134 Å². The predicted molar refractivity (Wildman–Crippen MR) is 92.2 cm³/mol. The molecule has 0 aromatic carbocycles. The number of rotatable bonds is 6. The van der Waals surface area contributed by atoms with E-state index in [1.54, 1.807) is 11.3 Å². The Kier molecular flexibility index (Phi) is 6.20. The normalized spacial score (nSPS) is 11.7. The van der Waals surface area contributed by atoms with Gasteiger partial charge in [0.2, 0.25) is 0 Å². The van der Waals surface area contributed by atoms with Crippen LogP contribution in [0, 0.1) is 6.92 Å². The second-order valence-corrected chi connectivity index (χ2v) is 7.19. The number of aryl methyl sites for hydroxylation is 2. The highest BCUT2D eigenvalue weighted by Gasteiger charge is 2.02. The molecule has 0 amide bonds. The third kappa shape index (κ3) is 5.13. The largest absolute Gasteiger partial charge is 0.357 e. The molecule has 0 atom stereocenters. The molecule has 2 N–H and O–H groups in total. The van der Waals surface area contributed by atoms with Crippen molar-refractivity contribution in [2.45, 2.75) is 40.3 Å². The highest BCUT2D eigenvalue weighted by molar-refractivity contribution is 7.12. The smallest absolute Gasteiger partial charge is 0.191 e. The molecular weight excluding hydrogens is 300 g/mol. The summed E-state index contributed by atoms with van der Waals surface area (Å²) in [6.45, 7) is 8.63. The molecule has 2 rings (SSSR count). The number of nitrogens with one attached hydrogen (secondary N) is 2. The summed E-state index contributed by atoms with van der Waals surface area (Å²) in [5.74, 6) is 0.856. The van der Waals surface area contributed by atoms with Crippen molar-refractivity contribution in [1.29, 1.82) is 0 Å². The first-order valence-corrected chi connectivity index (χ1v) is 8.85. The molecule has 2 aromatic heterocycles. The van der Waals surface area contributed by atoms with E-state index >= 15 is 0 Å². The van der Waals surface area contributed by atoms with Crippen LogP contribution >= 0.6 is 22.7 Å². The first kappa shape index (κ1) is 16.0. The first-order chi connectivity index (χ1) is 10.2. The van der Waals surface area contributed by atoms with Crippen LogP contribution in [0.2, 0.25) is 0 Å². The number of aromatic nitrogens is 1. The first-order valence-electron chi connectivity index (χ1n) is 7.22. The lowest BCUT2D eigenvalue weighted by atomic mass is 10.4. The second kappa shape index (κ2) is 8.14. The highest BCUT2D eigenvalue weighted by Crippen LogP contribution is 2.16. The van der Waals surface area contributed by atoms with Crippen LogP contribution in [-0.4, -0.2) is 17.5 Å². The third-order valence-corrected chi connectivity index (χ3v) is 5.03. The van der Waals surface area contributed by atoms with Gasteiger partial charge in [-0.1, -0.05) is 6.92 Å². The molecule has 114 valence electrons. The summed E-state index contributed by atoms with van der Waals surface area (Å²) in [5, 5.41) is 7.75. The zero-order valence-corrected chi connectivity index (χ0v) is 14.4. The summed E-state index contributed by atoms with van der Waals surface area (Å²) in [6.07, 6.45) is 3.00. The standard InChI is InChI=1S/C15H22N4S2/c1-4-12-6-7-13(21-12)8-18-15(16-5-2)19-10-14-9-17-11(3)20-14/h6-7,9H,4-5,8,10H2,1-3H3,(H2,16,18,19). The van der Waals surface area contributed by atoms with E-state index in [0.29, 0.717) is 6.54 Å². The van der Waals surface area contributed by atoms with E-state index in [9.17, 15) is 0 Å². The molecule has 0 spiro atoms. The molecule has 4 nitrogen and oxygen atoms in total. The molecule has 0 unspecified atom stereocenters. The van der Waals surface area contributed by atoms with Gasteiger partial charge in [0.1, 0.15) is 0 Å². The number of hydrogen-bond donors (Lipinski definition) is 2. The number of thiazole rings is 1. The molecule has 6 heteroatoms. The zero-order valence-electron chi connectivity index (χ0n) is 12.8. The Bertz CT molecular complexity index is 586. The summed E-state index contributed by atoms with van der Waals surface area (Å²) in [7, 11) is 0. The Morgan fingerprint density at radius 3 is 2.57 bits per heavy atom. The topological polar surface area (TPSA) is 49.3 Å². The van der Waals surface area contributed by atoms with E-state index in [2.05, 4.69) is 46.6 Å². The van der Waals surface area contributed by atoms with E-state index in [0.717, 1.165) is 30.5 Å². The lowest BCUT2D eigenvalue weighted by Crippen LogP contribution is -2.36. The lowest BCUT2D eigenvalue weighted by Gasteiger charge is -2.10. The van der Waals surface area contributed by atoms with Crippen LogP contribution in [0.15, 0.2) is 23.3 Å². The predicted octanol–water partition coefficient (Wildman–Crippen LogP) is 3.33. The van der Waals surface area contributed by atoms with Gasteiger partial charge in [-0.15, -0.1) is 22.7 Å². The SMILES string of the molecule is CCNC(=NCc1cnc(C)s1)NCc1ccc(CC)s1. The Morgan fingerprint density at radius 2 is 1.95 bits per heavy atom. The quantitative estimate of drug-likeness (QED) is 0.633. The monoisotopic (exact) mass is 322 g/mol. The van der Waals surface area contributed by atoms with Gasteiger partial charge >= 0.3 is 0 Å². The van der Waals surface area contributed by atoms with Gasteiger partial charge in [-0.2, -0.15) is 0 Å². The molecule has 0 radical (unpaired) electrons. The van der Waals surface area contributed by atoms with Gasteiger partial charge in [0.05, 0.1) is 18.1 Å². The van der Waals surface area contributed by atoms with Gasteiger partial charge in [-0.05, 0) is 32.4 Å². The molecule has 2 heterocycles. The fourth-order valence-electron chi connectivity index (χ4n) is 1.86. The summed E-state index contributed by atoms with van der Waals surface area (Å²) >= 11 is 3.55. The molecule has 0 aliphatic heterocycles. The summed E-state index contributed by atoms with van der Waals surface area (Å²) in [4.78, 5) is 12.8. The molecule has 0 bridgehead atoms. The Morgan fingerprint density at radius 1 is 1.14 bits per heavy atom. The van der Waals surface area contributed by atoms with E-state index in [4.69, 9.17) is 0 Å². The van der Waals surface area contributed by atoms with Crippen molar-refractivity contribution in [3.8, 4) is 0 Å². The van der Waals surface area contributed by atoms with Crippen LogP contribution in [0.5, 0.6) is 0 Å². The maximum Gasteiger partial charge on any atom is 0.191 e. The van der Waals surface area contributed by atoms with E-state index < -0.39 is 0 Å². The van der Waals surface area contributed by atoms with Gasteiger partial charge in [-0.3, -0.25) is 0 Å². The maximum absolute atomic E-state index is 4.61. The van der Waals surface area contributed by atoms with Gasteiger partial charge in [0.15, 0.2) is 5.96 Å². The van der Waals surface area contributed by atoms with Crippen LogP contribution in [-0.2, 0) is 19.5 Å². The van der Waals surface area contributed by atoms with Gasteiger partial charge in [0.25, 0.3) is 0 Å². The van der Waals surface area contributed by atoms with Crippen molar-refractivity contribution >= 4 is 28.6 Å². The van der Waals surface area contributed by atoms with Crippen LogP contribution in [0.1, 0.15) is 33.5 Å². The average Bonchev–Trinajstić information content (AvgIpc) is 3.10. The average molecular weight is 323 g/mol. The molecule has 0 aliphatic rings. The fourth-order valence-corrected chi connectivity index (χ4v) is 3.47. The zero-order chi connectivity index (χ0) is 15.1. The molecule has 2 aromatic rings. The Hall–Kier alpha value is -1.40. The number of thiophene rings is 1. The lowest BCUT2D eigenvalue weighted by molar-refractivity contribution is 0.825. The molecule has 0 saturated carbocycles. The van der Waals surface area contributed by atoms with Crippen LogP contribution < -0.4 is 10.6 Å². The second-order valence-electron chi connectivity index (χ2n) is 4.62. The van der Waals surface area contributed by atoms with Gasteiger partial charge < -0.3 is 10.6 Å².